The molecule has 1 aliphatic heterocycles. The Labute approximate surface area is 143 Å². The Morgan fingerprint density at radius 3 is 2.83 bits per heavy atom. The third-order valence-corrected chi connectivity index (χ3v) is 5.19. The van der Waals surface area contributed by atoms with E-state index in [-0.39, 0.29) is 23.9 Å². The number of carbonyl (C=O) groups excluding carboxylic acids is 1. The molecule has 0 unspecified atom stereocenters. The summed E-state index contributed by atoms with van der Waals surface area (Å²) in [5.41, 5.74) is 0.795. The summed E-state index contributed by atoms with van der Waals surface area (Å²) in [6, 6.07) is 13.3. The number of nitrogens with one attached hydrogen (secondary N) is 2. The highest BCUT2D eigenvalue weighted by molar-refractivity contribution is 7.10. The van der Waals surface area contributed by atoms with Crippen LogP contribution in [0, 0.1) is 5.92 Å². The normalized spacial score (nSPS) is 22.5. The van der Waals surface area contributed by atoms with Gasteiger partial charge < -0.3 is 10.6 Å². The molecule has 1 aromatic carbocycles. The summed E-state index contributed by atoms with van der Waals surface area (Å²) in [7, 11) is 0. The molecule has 7 heteroatoms. The average Bonchev–Trinajstić information content (AvgIpc) is 3.25. The quantitative estimate of drug-likeness (QED) is 0.769. The van der Waals surface area contributed by atoms with Gasteiger partial charge in [0.15, 0.2) is 0 Å². The molecule has 0 fully saturated rings. The first-order valence-corrected chi connectivity index (χ1v) is 8.67. The maximum Gasteiger partial charge on any atom is 0.232 e. The van der Waals surface area contributed by atoms with Crippen LogP contribution in [0.3, 0.4) is 0 Å². The molecule has 0 aliphatic carbocycles. The van der Waals surface area contributed by atoms with Crippen molar-refractivity contribution in [3.8, 4) is 0 Å². The molecule has 0 saturated carbocycles. The van der Waals surface area contributed by atoms with E-state index >= 15 is 0 Å². The fourth-order valence-corrected chi connectivity index (χ4v) is 4.01. The molecular formula is C17H17N5OS. The van der Waals surface area contributed by atoms with Gasteiger partial charge in [0.05, 0.1) is 5.92 Å². The number of rotatable bonds is 3. The zero-order valence-corrected chi connectivity index (χ0v) is 13.9. The predicted molar refractivity (Wildman–Crippen MR) is 94.1 cm³/mol. The lowest BCUT2D eigenvalue weighted by Crippen LogP contribution is -2.46. The van der Waals surface area contributed by atoms with Gasteiger partial charge in [-0.1, -0.05) is 24.3 Å². The molecule has 3 aromatic rings. The van der Waals surface area contributed by atoms with E-state index in [0.717, 1.165) is 10.6 Å². The van der Waals surface area contributed by atoms with Crippen LogP contribution in [0.4, 0.5) is 11.6 Å². The Morgan fingerprint density at radius 2 is 2.08 bits per heavy atom. The molecule has 1 amide bonds. The zero-order valence-electron chi connectivity index (χ0n) is 13.1. The fraction of sp³-hybridized carbons (Fsp3) is 0.235. The Morgan fingerprint density at radius 1 is 1.25 bits per heavy atom. The van der Waals surface area contributed by atoms with Crippen LogP contribution in [-0.2, 0) is 4.79 Å². The number of anilines is 2. The smallest absolute Gasteiger partial charge is 0.232 e. The molecule has 1 aliphatic rings. The number of aromatic nitrogens is 3. The van der Waals surface area contributed by atoms with Gasteiger partial charge in [0.2, 0.25) is 11.9 Å². The van der Waals surface area contributed by atoms with Crippen molar-refractivity contribution >= 4 is 28.9 Å². The van der Waals surface area contributed by atoms with Crippen molar-refractivity contribution in [2.75, 3.05) is 10.6 Å². The number of hydrogen-bond donors (Lipinski definition) is 2. The standard InChI is InChI=1S/C17H17N5OS/c1-11-14(16(23)21-12-6-3-2-4-7-12)15(13-8-5-9-24-13)22-17(20-11)18-10-19-22/h2-11,14-15H,1H3,(H,21,23)(H,18,19,20)/t11-,14-,15+/m1/s1. The second kappa shape index (κ2) is 6.09. The summed E-state index contributed by atoms with van der Waals surface area (Å²) < 4.78 is 1.81. The SMILES string of the molecule is C[C@H]1Nc2ncnn2[C@@H](c2cccs2)[C@@H]1C(=O)Nc1ccccc1. The van der Waals surface area contributed by atoms with Crippen LogP contribution in [0.25, 0.3) is 0 Å². The van der Waals surface area contributed by atoms with E-state index in [1.54, 1.807) is 16.0 Å². The third-order valence-electron chi connectivity index (χ3n) is 4.25. The number of fused-ring (bicyclic) bond motifs is 1. The molecule has 3 atom stereocenters. The van der Waals surface area contributed by atoms with Crippen LogP contribution in [0.15, 0.2) is 54.2 Å². The number of thiophene rings is 1. The van der Waals surface area contributed by atoms with Crippen LogP contribution < -0.4 is 10.6 Å². The first-order valence-electron chi connectivity index (χ1n) is 7.79. The molecular weight excluding hydrogens is 322 g/mol. The minimum atomic E-state index is -0.293. The molecule has 0 spiro atoms. The first kappa shape index (κ1) is 14.9. The van der Waals surface area contributed by atoms with E-state index in [4.69, 9.17) is 0 Å². The fourth-order valence-electron chi connectivity index (χ4n) is 3.15. The van der Waals surface area contributed by atoms with E-state index in [1.165, 1.54) is 6.33 Å². The second-order valence-corrected chi connectivity index (χ2v) is 6.78. The van der Waals surface area contributed by atoms with E-state index in [9.17, 15) is 4.79 Å². The highest BCUT2D eigenvalue weighted by atomic mass is 32.1. The molecule has 0 radical (unpaired) electrons. The predicted octanol–water partition coefficient (Wildman–Crippen LogP) is 3.00. The van der Waals surface area contributed by atoms with E-state index in [1.807, 2.05) is 54.8 Å². The van der Waals surface area contributed by atoms with Crippen molar-refractivity contribution < 1.29 is 4.79 Å². The molecule has 2 aromatic heterocycles. The van der Waals surface area contributed by atoms with Gasteiger partial charge in [-0.15, -0.1) is 11.3 Å². The summed E-state index contributed by atoms with van der Waals surface area (Å²) in [4.78, 5) is 18.4. The third kappa shape index (κ3) is 2.56. The highest BCUT2D eigenvalue weighted by Crippen LogP contribution is 2.38. The second-order valence-electron chi connectivity index (χ2n) is 5.80. The van der Waals surface area contributed by atoms with Gasteiger partial charge in [-0.3, -0.25) is 4.79 Å². The molecule has 122 valence electrons. The molecule has 0 bridgehead atoms. The van der Waals surface area contributed by atoms with Gasteiger partial charge in [0, 0.05) is 16.6 Å². The van der Waals surface area contributed by atoms with Crippen molar-refractivity contribution in [2.24, 2.45) is 5.92 Å². The molecule has 2 N–H and O–H groups in total. The average molecular weight is 339 g/mol. The molecule has 0 saturated heterocycles. The van der Waals surface area contributed by atoms with Crippen LogP contribution >= 0.6 is 11.3 Å². The summed E-state index contributed by atoms with van der Waals surface area (Å²) in [5.74, 6) is 0.378. The van der Waals surface area contributed by atoms with Gasteiger partial charge in [-0.05, 0) is 30.5 Å². The summed E-state index contributed by atoms with van der Waals surface area (Å²) in [5, 5.41) is 12.7. The number of benzene rings is 1. The first-order chi connectivity index (χ1) is 11.7. The van der Waals surface area contributed by atoms with Gasteiger partial charge in [0.25, 0.3) is 0 Å². The van der Waals surface area contributed by atoms with Crippen molar-refractivity contribution in [1.29, 1.82) is 0 Å². The van der Waals surface area contributed by atoms with Gasteiger partial charge >= 0.3 is 0 Å². The summed E-state index contributed by atoms with van der Waals surface area (Å²) in [6.07, 6.45) is 1.52. The van der Waals surface area contributed by atoms with Crippen LogP contribution in [0.2, 0.25) is 0 Å². The van der Waals surface area contributed by atoms with Gasteiger partial charge in [0.1, 0.15) is 12.4 Å². The molecule has 6 nitrogen and oxygen atoms in total. The minimum Gasteiger partial charge on any atom is -0.351 e. The molecule has 3 heterocycles. The Kier molecular flexibility index (Phi) is 3.78. The molecule has 4 rings (SSSR count). The maximum absolute atomic E-state index is 13.0. The maximum atomic E-state index is 13.0. The van der Waals surface area contributed by atoms with Crippen molar-refractivity contribution in [1.82, 2.24) is 14.8 Å². The van der Waals surface area contributed by atoms with Gasteiger partial charge in [-0.2, -0.15) is 10.1 Å². The van der Waals surface area contributed by atoms with Crippen molar-refractivity contribution in [3.05, 3.63) is 59.0 Å². The molecule has 24 heavy (non-hydrogen) atoms. The number of nitrogens with zero attached hydrogens (tertiary/aromatic N) is 3. The number of amides is 1. The lowest BCUT2D eigenvalue weighted by atomic mass is 9.89. The van der Waals surface area contributed by atoms with E-state index in [0.29, 0.717) is 5.95 Å². The number of para-hydroxylation sites is 1. The van der Waals surface area contributed by atoms with Crippen LogP contribution in [0.5, 0.6) is 0 Å². The Hall–Kier alpha value is -2.67. The Bertz CT molecular complexity index is 830. The number of carbonyl (C=O) groups is 1. The number of hydrogen-bond acceptors (Lipinski definition) is 5. The van der Waals surface area contributed by atoms with E-state index in [2.05, 4.69) is 20.7 Å². The minimum absolute atomic E-state index is 0.0271. The lowest BCUT2D eigenvalue weighted by molar-refractivity contribution is -0.121. The van der Waals surface area contributed by atoms with Gasteiger partial charge in [-0.25, -0.2) is 4.68 Å². The largest absolute Gasteiger partial charge is 0.351 e. The zero-order chi connectivity index (χ0) is 16.5. The topological polar surface area (TPSA) is 71.8 Å². The Balaban J connectivity index is 1.71. The van der Waals surface area contributed by atoms with Crippen molar-refractivity contribution in [2.45, 2.75) is 19.0 Å². The lowest BCUT2D eigenvalue weighted by Gasteiger charge is -2.36. The highest BCUT2D eigenvalue weighted by Gasteiger charge is 2.41. The monoisotopic (exact) mass is 339 g/mol. The summed E-state index contributed by atoms with van der Waals surface area (Å²) >= 11 is 1.63. The summed E-state index contributed by atoms with van der Waals surface area (Å²) in [6.45, 7) is 2.01. The van der Waals surface area contributed by atoms with Crippen molar-refractivity contribution in [3.63, 3.8) is 0 Å². The van der Waals surface area contributed by atoms with Crippen LogP contribution in [0.1, 0.15) is 17.8 Å². The van der Waals surface area contributed by atoms with E-state index < -0.39 is 0 Å². The van der Waals surface area contributed by atoms with Crippen LogP contribution in [-0.4, -0.2) is 26.7 Å².